The molecular weight excluding hydrogens is 377 g/mol. The number of rotatable bonds is 5. The van der Waals surface area contributed by atoms with Gasteiger partial charge in [-0.15, -0.1) is 0 Å². The van der Waals surface area contributed by atoms with E-state index in [1.807, 2.05) is 22.9 Å². The van der Waals surface area contributed by atoms with Crippen molar-refractivity contribution in [1.82, 2.24) is 14.5 Å². The molecule has 1 N–H and O–H groups in total. The van der Waals surface area contributed by atoms with Gasteiger partial charge in [-0.1, -0.05) is 0 Å². The predicted octanol–water partition coefficient (Wildman–Crippen LogP) is 3.22. The molecule has 1 aliphatic heterocycles. The van der Waals surface area contributed by atoms with Crippen LogP contribution in [0.5, 0.6) is 5.75 Å². The van der Waals surface area contributed by atoms with Gasteiger partial charge in [-0.25, -0.2) is 9.37 Å². The Kier molecular flexibility index (Phi) is 6.91. The van der Waals surface area contributed by atoms with Gasteiger partial charge in [0.05, 0.1) is 31.9 Å². The number of methoxy groups -OCH3 is 1. The zero-order valence-electron chi connectivity index (χ0n) is 15.9. The second-order valence-corrected chi connectivity index (χ2v) is 6.53. The molecule has 0 bridgehead atoms. The average Bonchev–Trinajstić information content (AvgIpc) is 3.39. The van der Waals surface area contributed by atoms with Gasteiger partial charge in [-0.3, -0.25) is 9.78 Å². The summed E-state index contributed by atoms with van der Waals surface area (Å²) in [5.74, 6) is 1.17. The first kappa shape index (κ1) is 20.5. The Labute approximate surface area is 167 Å². The topological polar surface area (TPSA) is 86.5 Å². The summed E-state index contributed by atoms with van der Waals surface area (Å²) in [5, 5.41) is 6.89. The van der Waals surface area contributed by atoms with Crippen LogP contribution in [0.1, 0.15) is 11.6 Å². The number of carboxylic acid groups (broad SMARTS) is 1. The van der Waals surface area contributed by atoms with Crippen LogP contribution in [0.25, 0.3) is 11.4 Å². The van der Waals surface area contributed by atoms with Gasteiger partial charge < -0.3 is 19.1 Å². The Balaban J connectivity index is 0.000000755. The number of pyridine rings is 1. The molecule has 1 fully saturated rings. The number of hydrogen-bond donors (Lipinski definition) is 1. The van der Waals surface area contributed by atoms with Crippen molar-refractivity contribution >= 4 is 6.47 Å². The lowest BCUT2D eigenvalue weighted by molar-refractivity contribution is -0.122. The second kappa shape index (κ2) is 9.79. The number of benzene rings is 1. The van der Waals surface area contributed by atoms with Crippen molar-refractivity contribution in [2.24, 2.45) is 5.92 Å². The summed E-state index contributed by atoms with van der Waals surface area (Å²) >= 11 is 0. The number of nitrogens with zero attached hydrogens (tertiary/aromatic N) is 3. The van der Waals surface area contributed by atoms with Crippen LogP contribution in [0.3, 0.4) is 0 Å². The van der Waals surface area contributed by atoms with Gasteiger partial charge in [-0.05, 0) is 42.3 Å². The fourth-order valence-corrected chi connectivity index (χ4v) is 3.50. The lowest BCUT2D eigenvalue weighted by Crippen LogP contribution is -2.20. The lowest BCUT2D eigenvalue weighted by Gasteiger charge is -2.21. The number of halogens is 1. The van der Waals surface area contributed by atoms with E-state index in [4.69, 9.17) is 19.4 Å². The zero-order chi connectivity index (χ0) is 20.6. The van der Waals surface area contributed by atoms with Crippen LogP contribution in [-0.4, -0.2) is 46.4 Å². The standard InChI is InChI=1S/C20H20FN3O2.CH2O2/c1-25-16-2-3-18(21)17(11-16)20-23-8-9-24(20)19-13-26-12-15(19)10-14-4-6-22-7-5-14;2-1-3/h2-9,11,15,19H,10,12-13H2,1H3;1H,(H,2,3)/t15-,19+;/m0./s1. The quantitative estimate of drug-likeness (QED) is 0.663. The molecule has 29 heavy (non-hydrogen) atoms. The predicted molar refractivity (Wildman–Crippen MR) is 104 cm³/mol. The van der Waals surface area contributed by atoms with Gasteiger partial charge in [0.25, 0.3) is 6.47 Å². The van der Waals surface area contributed by atoms with Gasteiger partial charge in [0.15, 0.2) is 0 Å². The number of imidazole rings is 1. The molecule has 1 saturated heterocycles. The normalized spacial score (nSPS) is 18.0. The molecule has 0 unspecified atom stereocenters. The summed E-state index contributed by atoms with van der Waals surface area (Å²) in [6, 6.07) is 8.84. The molecule has 0 saturated carbocycles. The SMILES string of the molecule is COc1ccc(F)c(-c2nccn2[C@@H]2COC[C@@H]2Cc2ccncc2)c1.O=CO. The number of ether oxygens (including phenoxy) is 2. The van der Waals surface area contributed by atoms with E-state index < -0.39 is 0 Å². The monoisotopic (exact) mass is 399 g/mol. The Bertz CT molecular complexity index is 933. The van der Waals surface area contributed by atoms with Gasteiger partial charge in [0.1, 0.15) is 17.4 Å². The van der Waals surface area contributed by atoms with Crippen molar-refractivity contribution in [3.8, 4) is 17.1 Å². The van der Waals surface area contributed by atoms with Crippen molar-refractivity contribution in [3.05, 3.63) is 66.5 Å². The van der Waals surface area contributed by atoms with Crippen LogP contribution in [0.2, 0.25) is 0 Å². The van der Waals surface area contributed by atoms with Crippen LogP contribution >= 0.6 is 0 Å². The molecule has 0 aliphatic carbocycles. The van der Waals surface area contributed by atoms with Gasteiger partial charge in [0.2, 0.25) is 0 Å². The Morgan fingerprint density at radius 2 is 2.03 bits per heavy atom. The van der Waals surface area contributed by atoms with Crippen molar-refractivity contribution in [1.29, 1.82) is 0 Å². The minimum Gasteiger partial charge on any atom is -0.497 e. The number of hydrogen-bond acceptors (Lipinski definition) is 5. The van der Waals surface area contributed by atoms with Gasteiger partial charge >= 0.3 is 0 Å². The molecule has 3 aromatic rings. The first-order chi connectivity index (χ1) is 14.2. The molecule has 0 radical (unpaired) electrons. The first-order valence-corrected chi connectivity index (χ1v) is 9.09. The Morgan fingerprint density at radius 1 is 1.28 bits per heavy atom. The van der Waals surface area contributed by atoms with Crippen LogP contribution in [0, 0.1) is 11.7 Å². The molecule has 1 aliphatic rings. The van der Waals surface area contributed by atoms with Crippen LogP contribution < -0.4 is 4.74 Å². The molecule has 152 valence electrons. The largest absolute Gasteiger partial charge is 0.497 e. The second-order valence-electron chi connectivity index (χ2n) is 6.53. The Hall–Kier alpha value is -3.26. The van der Waals surface area contributed by atoms with E-state index in [-0.39, 0.29) is 18.3 Å². The van der Waals surface area contributed by atoms with E-state index >= 15 is 0 Å². The molecule has 3 heterocycles. The Morgan fingerprint density at radius 3 is 2.76 bits per heavy atom. The third-order valence-electron chi connectivity index (χ3n) is 4.85. The van der Waals surface area contributed by atoms with Gasteiger partial charge in [0, 0.05) is 30.7 Å². The maximum absolute atomic E-state index is 14.4. The highest BCUT2D eigenvalue weighted by molar-refractivity contribution is 5.59. The third-order valence-corrected chi connectivity index (χ3v) is 4.85. The molecule has 1 aromatic carbocycles. The molecular formula is C21H22FN3O4. The highest BCUT2D eigenvalue weighted by Crippen LogP contribution is 2.34. The van der Waals surface area contributed by atoms with Crippen molar-refractivity contribution in [3.63, 3.8) is 0 Å². The van der Waals surface area contributed by atoms with E-state index in [2.05, 4.69) is 9.97 Å². The summed E-state index contributed by atoms with van der Waals surface area (Å²) in [5.41, 5.74) is 1.65. The molecule has 4 rings (SSSR count). The minimum absolute atomic E-state index is 0.103. The van der Waals surface area contributed by atoms with Crippen molar-refractivity contribution in [2.45, 2.75) is 12.5 Å². The molecule has 2 aromatic heterocycles. The summed E-state index contributed by atoms with van der Waals surface area (Å²) in [7, 11) is 1.57. The molecule has 8 heteroatoms. The third kappa shape index (κ3) is 4.78. The van der Waals surface area contributed by atoms with Gasteiger partial charge in [-0.2, -0.15) is 0 Å². The fourth-order valence-electron chi connectivity index (χ4n) is 3.50. The number of carbonyl (C=O) groups is 1. The van der Waals surface area contributed by atoms with Crippen molar-refractivity contribution in [2.75, 3.05) is 20.3 Å². The molecule has 7 nitrogen and oxygen atoms in total. The summed E-state index contributed by atoms with van der Waals surface area (Å²) in [6.45, 7) is 1.01. The number of aromatic nitrogens is 3. The van der Waals surface area contributed by atoms with Crippen LogP contribution in [0.15, 0.2) is 55.1 Å². The summed E-state index contributed by atoms with van der Waals surface area (Å²) < 4.78 is 27.4. The van der Waals surface area contributed by atoms with Crippen molar-refractivity contribution < 1.29 is 23.8 Å². The maximum Gasteiger partial charge on any atom is 0.290 e. The molecule has 2 atom stereocenters. The molecule has 0 amide bonds. The maximum atomic E-state index is 14.4. The van der Waals surface area contributed by atoms with E-state index in [0.717, 1.165) is 6.42 Å². The first-order valence-electron chi connectivity index (χ1n) is 9.09. The van der Waals surface area contributed by atoms with E-state index in [9.17, 15) is 4.39 Å². The average molecular weight is 399 g/mol. The minimum atomic E-state index is -0.317. The van der Waals surface area contributed by atoms with E-state index in [1.54, 1.807) is 37.8 Å². The highest BCUT2D eigenvalue weighted by Gasteiger charge is 2.31. The smallest absolute Gasteiger partial charge is 0.290 e. The van der Waals surface area contributed by atoms with E-state index in [1.165, 1.54) is 11.6 Å². The molecule has 0 spiro atoms. The zero-order valence-corrected chi connectivity index (χ0v) is 15.9. The highest BCUT2D eigenvalue weighted by atomic mass is 19.1. The summed E-state index contributed by atoms with van der Waals surface area (Å²) in [4.78, 5) is 16.8. The lowest BCUT2D eigenvalue weighted by atomic mass is 9.95. The summed E-state index contributed by atoms with van der Waals surface area (Å²) in [6.07, 6.45) is 8.08. The van der Waals surface area contributed by atoms with E-state index in [0.29, 0.717) is 36.3 Å². The van der Waals surface area contributed by atoms with Crippen LogP contribution in [-0.2, 0) is 16.0 Å². The van der Waals surface area contributed by atoms with Crippen LogP contribution in [0.4, 0.5) is 4.39 Å². The fraction of sp³-hybridized carbons (Fsp3) is 0.286.